The summed E-state index contributed by atoms with van der Waals surface area (Å²) in [4.78, 5) is 14.6. The third-order valence-corrected chi connectivity index (χ3v) is 4.45. The number of nitrogens with one attached hydrogen (secondary N) is 1. The molecule has 0 spiro atoms. The molecule has 0 bridgehead atoms. The normalized spacial score (nSPS) is 15.9. The second-order valence-electron chi connectivity index (χ2n) is 6.20. The number of hydrogen-bond acceptors (Lipinski definition) is 4. The number of anilines is 2. The second kappa shape index (κ2) is 6.39. The minimum Gasteiger partial charge on any atom is -0.376 e. The van der Waals surface area contributed by atoms with Gasteiger partial charge in [-0.05, 0) is 43.2 Å². The fourth-order valence-corrected chi connectivity index (χ4v) is 3.31. The molecule has 1 aliphatic heterocycles. The fraction of sp³-hybridized carbons (Fsp3) is 0.211. The number of nitrogens with zero attached hydrogens (tertiary/aromatic N) is 4. The monoisotopic (exact) mass is 333 g/mol. The summed E-state index contributed by atoms with van der Waals surface area (Å²) in [5, 5.41) is 11.0. The fourth-order valence-electron chi connectivity index (χ4n) is 3.31. The van der Waals surface area contributed by atoms with Gasteiger partial charge in [0.1, 0.15) is 0 Å². The van der Waals surface area contributed by atoms with Crippen LogP contribution in [0.2, 0.25) is 0 Å². The molecule has 1 aliphatic rings. The van der Waals surface area contributed by atoms with E-state index in [1.165, 1.54) is 5.56 Å². The maximum atomic E-state index is 12.7. The van der Waals surface area contributed by atoms with E-state index < -0.39 is 0 Å². The van der Waals surface area contributed by atoms with E-state index in [4.69, 9.17) is 0 Å². The molecule has 2 aromatic carbocycles. The Hall–Kier alpha value is -3.15. The van der Waals surface area contributed by atoms with Crippen LogP contribution in [0.4, 0.5) is 11.4 Å². The Morgan fingerprint density at radius 1 is 1.24 bits per heavy atom. The van der Waals surface area contributed by atoms with Crippen LogP contribution in [0.25, 0.3) is 5.69 Å². The van der Waals surface area contributed by atoms with Crippen molar-refractivity contribution in [3.05, 3.63) is 66.5 Å². The molecule has 0 fully saturated rings. The highest BCUT2D eigenvalue weighted by molar-refractivity contribution is 5.98. The van der Waals surface area contributed by atoms with Crippen molar-refractivity contribution in [3.8, 4) is 5.69 Å². The van der Waals surface area contributed by atoms with Crippen molar-refractivity contribution < 1.29 is 4.79 Å². The van der Waals surface area contributed by atoms with Crippen LogP contribution in [0.15, 0.2) is 60.9 Å². The number of fused-ring (bicyclic) bond motifs is 1. The molecule has 6 heteroatoms. The van der Waals surface area contributed by atoms with Gasteiger partial charge in [0.2, 0.25) is 5.91 Å². The van der Waals surface area contributed by atoms with Crippen molar-refractivity contribution in [1.29, 1.82) is 0 Å². The number of hydrogen-bond donors (Lipinski definition) is 1. The number of para-hydroxylation sites is 1. The van der Waals surface area contributed by atoms with Crippen LogP contribution in [0.1, 0.15) is 12.5 Å². The van der Waals surface area contributed by atoms with Crippen molar-refractivity contribution in [2.24, 2.45) is 0 Å². The summed E-state index contributed by atoms with van der Waals surface area (Å²) in [5.74, 6) is 0.0728. The Bertz CT molecular complexity index is 890. The molecular weight excluding hydrogens is 314 g/mol. The summed E-state index contributed by atoms with van der Waals surface area (Å²) in [6.07, 6.45) is 4.33. The second-order valence-corrected chi connectivity index (χ2v) is 6.20. The maximum absolute atomic E-state index is 12.7. The number of amides is 1. The molecule has 6 nitrogen and oxygen atoms in total. The molecule has 1 aromatic heterocycles. The van der Waals surface area contributed by atoms with E-state index in [0.717, 1.165) is 23.5 Å². The SMILES string of the molecule is CC1Cc2ccccc2N1C(=O)CNc1cccc(-n2ccnn2)c1. The minimum atomic E-state index is 0.0728. The zero-order valence-corrected chi connectivity index (χ0v) is 14.0. The molecular formula is C19H19N5O. The number of carbonyl (C=O) groups is 1. The predicted molar refractivity (Wildman–Crippen MR) is 96.9 cm³/mol. The van der Waals surface area contributed by atoms with Crippen LogP contribution in [-0.2, 0) is 11.2 Å². The van der Waals surface area contributed by atoms with Crippen LogP contribution in [0, 0.1) is 0 Å². The lowest BCUT2D eigenvalue weighted by atomic mass is 10.1. The number of benzene rings is 2. The van der Waals surface area contributed by atoms with E-state index >= 15 is 0 Å². The molecule has 1 N–H and O–H groups in total. The van der Waals surface area contributed by atoms with E-state index in [0.29, 0.717) is 0 Å². The van der Waals surface area contributed by atoms with Gasteiger partial charge in [0.05, 0.1) is 24.6 Å². The first-order chi connectivity index (χ1) is 12.2. The predicted octanol–water partition coefficient (Wildman–Crippen LogP) is 2.66. The van der Waals surface area contributed by atoms with Gasteiger partial charge in [0, 0.05) is 17.4 Å². The highest BCUT2D eigenvalue weighted by Crippen LogP contribution is 2.31. The first-order valence-electron chi connectivity index (χ1n) is 8.33. The molecule has 1 amide bonds. The molecule has 0 radical (unpaired) electrons. The number of aromatic nitrogens is 3. The van der Waals surface area contributed by atoms with Crippen LogP contribution in [0.5, 0.6) is 0 Å². The standard InChI is InChI=1S/C19H19N5O/c1-14-11-15-5-2-3-8-18(15)24(14)19(25)13-20-16-6-4-7-17(12-16)23-10-9-21-22-23/h2-10,12,14,20H,11,13H2,1H3. The average Bonchev–Trinajstić information content (AvgIpc) is 3.27. The van der Waals surface area contributed by atoms with Crippen LogP contribution >= 0.6 is 0 Å². The van der Waals surface area contributed by atoms with E-state index in [-0.39, 0.29) is 18.5 Å². The lowest BCUT2D eigenvalue weighted by Gasteiger charge is -2.23. The van der Waals surface area contributed by atoms with Crippen LogP contribution < -0.4 is 10.2 Å². The van der Waals surface area contributed by atoms with Gasteiger partial charge in [-0.3, -0.25) is 4.79 Å². The number of rotatable bonds is 4. The Morgan fingerprint density at radius 2 is 2.12 bits per heavy atom. The molecule has 0 saturated carbocycles. The molecule has 25 heavy (non-hydrogen) atoms. The van der Waals surface area contributed by atoms with E-state index in [1.54, 1.807) is 17.1 Å². The quantitative estimate of drug-likeness (QED) is 0.797. The van der Waals surface area contributed by atoms with E-state index in [2.05, 4.69) is 28.6 Å². The van der Waals surface area contributed by atoms with Gasteiger partial charge in [-0.25, -0.2) is 4.68 Å². The smallest absolute Gasteiger partial charge is 0.246 e. The van der Waals surface area contributed by atoms with Crippen molar-refractivity contribution in [2.75, 3.05) is 16.8 Å². The highest BCUT2D eigenvalue weighted by atomic mass is 16.2. The van der Waals surface area contributed by atoms with Gasteiger partial charge >= 0.3 is 0 Å². The lowest BCUT2D eigenvalue weighted by molar-refractivity contribution is -0.117. The van der Waals surface area contributed by atoms with Gasteiger partial charge in [-0.2, -0.15) is 0 Å². The topological polar surface area (TPSA) is 63.1 Å². The first-order valence-corrected chi connectivity index (χ1v) is 8.33. The summed E-state index contributed by atoms with van der Waals surface area (Å²) >= 11 is 0. The Morgan fingerprint density at radius 3 is 2.96 bits per heavy atom. The van der Waals surface area contributed by atoms with Crippen LogP contribution in [0.3, 0.4) is 0 Å². The first kappa shape index (κ1) is 15.4. The zero-order valence-electron chi connectivity index (χ0n) is 14.0. The Labute approximate surface area is 146 Å². The largest absolute Gasteiger partial charge is 0.376 e. The van der Waals surface area contributed by atoms with Crippen molar-refractivity contribution >= 4 is 17.3 Å². The van der Waals surface area contributed by atoms with Gasteiger partial charge in [-0.15, -0.1) is 5.10 Å². The Balaban J connectivity index is 1.47. The molecule has 3 aromatic rings. The van der Waals surface area contributed by atoms with E-state index in [1.807, 2.05) is 47.4 Å². The molecule has 1 unspecified atom stereocenters. The lowest BCUT2D eigenvalue weighted by Crippen LogP contribution is -2.39. The van der Waals surface area contributed by atoms with Gasteiger partial charge in [-0.1, -0.05) is 29.5 Å². The zero-order chi connectivity index (χ0) is 17.2. The van der Waals surface area contributed by atoms with Crippen molar-refractivity contribution in [2.45, 2.75) is 19.4 Å². The van der Waals surface area contributed by atoms with E-state index in [9.17, 15) is 4.79 Å². The van der Waals surface area contributed by atoms with Gasteiger partial charge in [0.15, 0.2) is 0 Å². The summed E-state index contributed by atoms with van der Waals surface area (Å²) < 4.78 is 1.69. The molecule has 1 atom stereocenters. The number of carbonyl (C=O) groups excluding carboxylic acids is 1. The van der Waals surface area contributed by atoms with Crippen LogP contribution in [-0.4, -0.2) is 33.5 Å². The third-order valence-electron chi connectivity index (χ3n) is 4.45. The highest BCUT2D eigenvalue weighted by Gasteiger charge is 2.30. The van der Waals surface area contributed by atoms with Crippen molar-refractivity contribution in [3.63, 3.8) is 0 Å². The molecule has 126 valence electrons. The molecule has 0 saturated heterocycles. The third kappa shape index (κ3) is 2.98. The molecule has 4 rings (SSSR count). The summed E-state index contributed by atoms with van der Waals surface area (Å²) in [6, 6.07) is 16.1. The summed E-state index contributed by atoms with van der Waals surface area (Å²) in [5.41, 5.74) is 4.03. The molecule has 0 aliphatic carbocycles. The maximum Gasteiger partial charge on any atom is 0.246 e. The summed E-state index contributed by atoms with van der Waals surface area (Å²) in [7, 11) is 0. The van der Waals surface area contributed by atoms with Gasteiger partial charge in [0.25, 0.3) is 0 Å². The summed E-state index contributed by atoms with van der Waals surface area (Å²) in [6.45, 7) is 2.34. The average molecular weight is 333 g/mol. The molecule has 2 heterocycles. The minimum absolute atomic E-state index is 0.0728. The van der Waals surface area contributed by atoms with Gasteiger partial charge < -0.3 is 10.2 Å². The van der Waals surface area contributed by atoms with Crippen molar-refractivity contribution in [1.82, 2.24) is 15.0 Å². The Kier molecular flexibility index (Phi) is 3.93.